The molecule has 0 radical (unpaired) electrons. The van der Waals surface area contributed by atoms with Gasteiger partial charge in [0.25, 0.3) is 0 Å². The molecule has 6 nitrogen and oxygen atoms in total. The van der Waals surface area contributed by atoms with Gasteiger partial charge in [0.2, 0.25) is 5.91 Å². The second kappa shape index (κ2) is 53.4. The van der Waals surface area contributed by atoms with Crippen LogP contribution < -0.4 is 5.32 Å². The Labute approximate surface area is 397 Å². The van der Waals surface area contributed by atoms with E-state index in [1.54, 1.807) is 6.08 Å². The van der Waals surface area contributed by atoms with Crippen LogP contribution >= 0.6 is 0 Å². The zero-order valence-corrected chi connectivity index (χ0v) is 42.5. The number of nitrogens with one attached hydrogen (secondary N) is 1. The fourth-order valence-corrected chi connectivity index (χ4v) is 8.25. The number of hydrogen-bond donors (Lipinski definition) is 3. The first-order valence-corrected chi connectivity index (χ1v) is 27.9. The Kier molecular flexibility index (Phi) is 51.6. The monoisotopic (exact) mass is 898 g/mol. The number of aliphatic hydroxyl groups is 2. The molecule has 0 rings (SSSR count). The summed E-state index contributed by atoms with van der Waals surface area (Å²) in [6.07, 6.45) is 67.0. The Morgan fingerprint density at radius 2 is 0.812 bits per heavy atom. The van der Waals surface area contributed by atoms with Crippen LogP contribution in [0.15, 0.2) is 48.6 Å². The first kappa shape index (κ1) is 61.8. The molecule has 0 heterocycles. The predicted molar refractivity (Wildman–Crippen MR) is 278 cm³/mol. The number of carbonyl (C=O) groups is 2. The van der Waals surface area contributed by atoms with Gasteiger partial charge >= 0.3 is 5.97 Å². The minimum Gasteiger partial charge on any atom is -0.466 e. The lowest BCUT2D eigenvalue weighted by Crippen LogP contribution is -2.45. The second-order valence-corrected chi connectivity index (χ2v) is 18.9. The topological polar surface area (TPSA) is 95.9 Å². The molecule has 64 heavy (non-hydrogen) atoms. The summed E-state index contributed by atoms with van der Waals surface area (Å²) in [5, 5.41) is 23.1. The molecule has 6 heteroatoms. The summed E-state index contributed by atoms with van der Waals surface area (Å²) in [6.45, 7) is 4.75. The maximum Gasteiger partial charge on any atom is 0.305 e. The van der Waals surface area contributed by atoms with E-state index in [-0.39, 0.29) is 18.5 Å². The Hall–Kier alpha value is -2.18. The lowest BCUT2D eigenvalue weighted by Gasteiger charge is -2.20. The van der Waals surface area contributed by atoms with Crippen molar-refractivity contribution in [3.05, 3.63) is 48.6 Å². The van der Waals surface area contributed by atoms with E-state index in [0.717, 1.165) is 89.9 Å². The summed E-state index contributed by atoms with van der Waals surface area (Å²) < 4.78 is 5.42. The molecule has 0 aromatic carbocycles. The van der Waals surface area contributed by atoms with Crippen molar-refractivity contribution >= 4 is 11.9 Å². The molecule has 2 unspecified atom stereocenters. The third-order valence-corrected chi connectivity index (χ3v) is 12.5. The Morgan fingerprint density at radius 3 is 1.27 bits per heavy atom. The third-order valence-electron chi connectivity index (χ3n) is 12.5. The number of carbonyl (C=O) groups excluding carboxylic acids is 2. The Balaban J connectivity index is 3.56. The average Bonchev–Trinajstić information content (AvgIpc) is 3.29. The van der Waals surface area contributed by atoms with Crippen molar-refractivity contribution in [1.82, 2.24) is 5.32 Å². The molecule has 2 atom stereocenters. The van der Waals surface area contributed by atoms with E-state index in [1.165, 1.54) is 167 Å². The van der Waals surface area contributed by atoms with Gasteiger partial charge in [0.05, 0.1) is 25.4 Å². The Bertz CT molecular complexity index is 1080. The standard InChI is InChI=1S/C58H107NO5/c1-3-5-7-9-11-13-15-17-18-19-20-21-22-23-24-25-26-27-29-30-34-38-42-46-50-56(61)55(54-60)59-57(62)51-47-43-39-35-32-33-37-41-45-49-53-64-58(63)52-48-44-40-36-31-28-16-14-12-10-8-6-4-2/h8,10,14,16,33,37,46,50,55-56,60-61H,3-7,9,11-13,15,17-32,34-36,38-45,47-49,51-54H2,1-2H3,(H,59,62)/b10-8-,16-14-,37-33-,50-46+. The van der Waals surface area contributed by atoms with Gasteiger partial charge in [-0.15, -0.1) is 0 Å². The predicted octanol–water partition coefficient (Wildman–Crippen LogP) is 17.0. The normalized spacial score (nSPS) is 13.0. The minimum atomic E-state index is -0.869. The van der Waals surface area contributed by atoms with E-state index in [2.05, 4.69) is 55.6 Å². The summed E-state index contributed by atoms with van der Waals surface area (Å²) in [6, 6.07) is -0.656. The van der Waals surface area contributed by atoms with Crippen molar-refractivity contribution in [3.8, 4) is 0 Å². The molecule has 1 amide bonds. The second-order valence-electron chi connectivity index (χ2n) is 18.9. The average molecular weight is 898 g/mol. The molecule has 0 aliphatic heterocycles. The van der Waals surface area contributed by atoms with Crippen LogP contribution in [0.25, 0.3) is 0 Å². The van der Waals surface area contributed by atoms with Crippen LogP contribution in [-0.2, 0) is 14.3 Å². The van der Waals surface area contributed by atoms with Crippen molar-refractivity contribution < 1.29 is 24.5 Å². The van der Waals surface area contributed by atoms with Crippen LogP contribution in [0, 0.1) is 0 Å². The van der Waals surface area contributed by atoms with E-state index in [1.807, 2.05) is 6.08 Å². The zero-order valence-electron chi connectivity index (χ0n) is 42.5. The fourth-order valence-electron chi connectivity index (χ4n) is 8.25. The molecular formula is C58H107NO5. The van der Waals surface area contributed by atoms with Gasteiger partial charge in [0.15, 0.2) is 0 Å². The molecule has 0 aliphatic rings. The van der Waals surface area contributed by atoms with Crippen molar-refractivity contribution in [2.24, 2.45) is 0 Å². The van der Waals surface area contributed by atoms with Crippen molar-refractivity contribution in [1.29, 1.82) is 0 Å². The number of esters is 1. The number of unbranched alkanes of at least 4 members (excludes halogenated alkanes) is 34. The molecule has 0 saturated heterocycles. The lowest BCUT2D eigenvalue weighted by molar-refractivity contribution is -0.143. The van der Waals surface area contributed by atoms with E-state index in [0.29, 0.717) is 19.4 Å². The zero-order chi connectivity index (χ0) is 46.5. The highest BCUT2D eigenvalue weighted by Crippen LogP contribution is 2.16. The van der Waals surface area contributed by atoms with Crippen LogP contribution in [0.2, 0.25) is 0 Å². The minimum absolute atomic E-state index is 0.0539. The highest BCUT2D eigenvalue weighted by atomic mass is 16.5. The molecule has 3 N–H and O–H groups in total. The van der Waals surface area contributed by atoms with Gasteiger partial charge in [0, 0.05) is 12.8 Å². The van der Waals surface area contributed by atoms with Gasteiger partial charge in [0.1, 0.15) is 0 Å². The third kappa shape index (κ3) is 49.3. The lowest BCUT2D eigenvalue weighted by atomic mass is 10.0. The number of aliphatic hydroxyl groups excluding tert-OH is 2. The first-order valence-electron chi connectivity index (χ1n) is 27.9. The van der Waals surface area contributed by atoms with Crippen LogP contribution in [0.5, 0.6) is 0 Å². The van der Waals surface area contributed by atoms with Crippen LogP contribution in [-0.4, -0.2) is 47.4 Å². The molecule has 0 fully saturated rings. The summed E-state index contributed by atoms with van der Waals surface area (Å²) in [5.41, 5.74) is 0. The summed E-state index contributed by atoms with van der Waals surface area (Å²) >= 11 is 0. The van der Waals surface area contributed by atoms with E-state index in [4.69, 9.17) is 4.74 Å². The van der Waals surface area contributed by atoms with Crippen molar-refractivity contribution in [2.45, 2.75) is 296 Å². The maximum atomic E-state index is 12.5. The summed E-state index contributed by atoms with van der Waals surface area (Å²) in [7, 11) is 0. The molecule has 0 saturated carbocycles. The highest BCUT2D eigenvalue weighted by Gasteiger charge is 2.18. The molecule has 0 spiro atoms. The van der Waals surface area contributed by atoms with Gasteiger partial charge in [-0.2, -0.15) is 0 Å². The van der Waals surface area contributed by atoms with E-state index < -0.39 is 12.1 Å². The van der Waals surface area contributed by atoms with E-state index in [9.17, 15) is 19.8 Å². The Morgan fingerprint density at radius 1 is 0.438 bits per heavy atom. The molecule has 0 aliphatic carbocycles. The van der Waals surface area contributed by atoms with Crippen LogP contribution in [0.1, 0.15) is 284 Å². The van der Waals surface area contributed by atoms with Crippen molar-refractivity contribution in [3.63, 3.8) is 0 Å². The van der Waals surface area contributed by atoms with Crippen LogP contribution in [0.4, 0.5) is 0 Å². The summed E-state index contributed by atoms with van der Waals surface area (Å²) in [5.74, 6) is -0.158. The van der Waals surface area contributed by atoms with Gasteiger partial charge in [-0.1, -0.05) is 236 Å². The summed E-state index contributed by atoms with van der Waals surface area (Å²) in [4.78, 5) is 24.5. The number of amides is 1. The number of ether oxygens (including phenoxy) is 1. The molecule has 374 valence electrons. The quantitative estimate of drug-likeness (QED) is 0.0321. The first-order chi connectivity index (χ1) is 31.5. The fraction of sp³-hybridized carbons (Fsp3) is 0.828. The van der Waals surface area contributed by atoms with Gasteiger partial charge in [-0.3, -0.25) is 9.59 Å². The number of allylic oxidation sites excluding steroid dienone is 7. The molecule has 0 aromatic heterocycles. The smallest absolute Gasteiger partial charge is 0.305 e. The largest absolute Gasteiger partial charge is 0.466 e. The van der Waals surface area contributed by atoms with Crippen LogP contribution in [0.3, 0.4) is 0 Å². The highest BCUT2D eigenvalue weighted by molar-refractivity contribution is 5.76. The van der Waals surface area contributed by atoms with Gasteiger partial charge in [-0.25, -0.2) is 0 Å². The van der Waals surface area contributed by atoms with E-state index >= 15 is 0 Å². The maximum absolute atomic E-state index is 12.5. The molecule has 0 aromatic rings. The number of hydrogen-bond acceptors (Lipinski definition) is 5. The van der Waals surface area contributed by atoms with Crippen molar-refractivity contribution in [2.75, 3.05) is 13.2 Å². The van der Waals surface area contributed by atoms with Gasteiger partial charge in [-0.05, 0) is 83.5 Å². The van der Waals surface area contributed by atoms with Gasteiger partial charge < -0.3 is 20.3 Å². The number of rotatable bonds is 51. The molecular weight excluding hydrogens is 791 g/mol. The molecule has 0 bridgehead atoms. The SMILES string of the molecule is CCC/C=C\C/C=C\CCCCCCCC(=O)OCCCC/C=C\CCCCCCC(=O)NC(CO)C(O)/C=C/CCCCCCCCCCCCCCCCCCCCCCCC.